The highest BCUT2D eigenvalue weighted by Crippen LogP contribution is 2.35. The molecule has 7 heteroatoms. The average Bonchev–Trinajstić information content (AvgIpc) is 3.12. The Morgan fingerprint density at radius 1 is 1.38 bits per heavy atom. The first-order chi connectivity index (χ1) is 12.6. The van der Waals surface area contributed by atoms with Crippen molar-refractivity contribution in [3.8, 4) is 5.75 Å². The maximum atomic E-state index is 12.7. The van der Waals surface area contributed by atoms with Gasteiger partial charge in [0.2, 0.25) is 11.8 Å². The van der Waals surface area contributed by atoms with E-state index in [1.807, 2.05) is 6.20 Å². The lowest BCUT2D eigenvalue weighted by molar-refractivity contribution is -0.126. The summed E-state index contributed by atoms with van der Waals surface area (Å²) in [6, 6.07) is 5.32. The van der Waals surface area contributed by atoms with E-state index in [4.69, 9.17) is 4.74 Å². The van der Waals surface area contributed by atoms with E-state index >= 15 is 0 Å². The Kier molecular flexibility index (Phi) is 4.28. The Bertz CT molecular complexity index is 881. The van der Waals surface area contributed by atoms with Crippen molar-refractivity contribution in [3.05, 3.63) is 47.0 Å². The molecule has 134 valence electrons. The highest BCUT2D eigenvalue weighted by Gasteiger charge is 2.31. The minimum atomic E-state index is -0.553. The van der Waals surface area contributed by atoms with Crippen molar-refractivity contribution in [1.82, 2.24) is 15.3 Å². The number of methoxy groups -OCH3 is 1. The van der Waals surface area contributed by atoms with E-state index in [9.17, 15) is 9.59 Å². The molecule has 0 fully saturated rings. The van der Waals surface area contributed by atoms with Gasteiger partial charge in [0.25, 0.3) is 0 Å². The molecule has 1 aromatic heterocycles. The Morgan fingerprint density at radius 2 is 2.27 bits per heavy atom. The number of nitrogens with one attached hydrogen (secondary N) is 2. The summed E-state index contributed by atoms with van der Waals surface area (Å²) in [5, 5.41) is 5.67. The number of rotatable bonds is 4. The molecule has 2 aliphatic rings. The van der Waals surface area contributed by atoms with Gasteiger partial charge in [0, 0.05) is 24.0 Å². The molecule has 0 radical (unpaired) electrons. The van der Waals surface area contributed by atoms with Crippen LogP contribution in [0.1, 0.15) is 41.4 Å². The zero-order chi connectivity index (χ0) is 18.1. The number of fused-ring (bicyclic) bond motifs is 2. The minimum Gasteiger partial charge on any atom is -0.497 e. The quantitative estimate of drug-likeness (QED) is 0.874. The second-order valence-corrected chi connectivity index (χ2v) is 6.59. The van der Waals surface area contributed by atoms with E-state index in [0.717, 1.165) is 30.5 Å². The molecule has 0 spiro atoms. The number of carbonyl (C=O) groups is 2. The maximum Gasteiger partial charge on any atom is 0.228 e. The molecule has 0 saturated carbocycles. The van der Waals surface area contributed by atoms with Crippen LogP contribution in [0.15, 0.2) is 24.4 Å². The molecule has 7 nitrogen and oxygen atoms in total. The van der Waals surface area contributed by atoms with Gasteiger partial charge in [-0.1, -0.05) is 0 Å². The second-order valence-electron chi connectivity index (χ2n) is 6.59. The lowest BCUT2D eigenvalue weighted by atomic mass is 9.89. The Hall–Kier alpha value is -2.96. The monoisotopic (exact) mass is 352 g/mol. The van der Waals surface area contributed by atoms with Crippen LogP contribution >= 0.6 is 0 Å². The van der Waals surface area contributed by atoms with Crippen LogP contribution in [0.4, 0.5) is 5.69 Å². The predicted octanol–water partition coefficient (Wildman–Crippen LogP) is 1.72. The second kappa shape index (κ2) is 6.74. The van der Waals surface area contributed by atoms with Crippen LogP contribution in [0.25, 0.3) is 0 Å². The van der Waals surface area contributed by atoms with Crippen LogP contribution in [0.2, 0.25) is 0 Å². The predicted molar refractivity (Wildman–Crippen MR) is 94.9 cm³/mol. The van der Waals surface area contributed by atoms with Crippen LogP contribution in [-0.2, 0) is 29.0 Å². The highest BCUT2D eigenvalue weighted by atomic mass is 16.5. The summed E-state index contributed by atoms with van der Waals surface area (Å²) in [5.41, 5.74) is 3.69. The molecular weight excluding hydrogens is 332 g/mol. The fourth-order valence-electron chi connectivity index (χ4n) is 3.53. The topological polar surface area (TPSA) is 93.2 Å². The number of aryl methyl sites for hydroxylation is 2. The largest absolute Gasteiger partial charge is 0.497 e. The molecule has 0 unspecified atom stereocenters. The normalized spacial score (nSPS) is 17.9. The number of benzene rings is 1. The average molecular weight is 352 g/mol. The fraction of sp³-hybridized carbons (Fsp3) is 0.368. The van der Waals surface area contributed by atoms with Gasteiger partial charge < -0.3 is 15.4 Å². The molecule has 1 atom stereocenters. The molecular formula is C19H20N4O3. The molecule has 0 saturated heterocycles. The number of hydrogen-bond acceptors (Lipinski definition) is 5. The third-order valence-electron chi connectivity index (χ3n) is 4.90. The van der Waals surface area contributed by atoms with Crippen LogP contribution < -0.4 is 15.4 Å². The summed E-state index contributed by atoms with van der Waals surface area (Å²) < 4.78 is 5.24. The SMILES string of the molecule is COc1ccc2c(c1)[C@@H](C(=O)NCc1ncc3c(n1)CCC3)CC(=O)N2. The highest BCUT2D eigenvalue weighted by molar-refractivity contribution is 6.01. The van der Waals surface area contributed by atoms with Crippen LogP contribution in [0, 0.1) is 0 Å². The van der Waals surface area contributed by atoms with Gasteiger partial charge in [-0.05, 0) is 48.6 Å². The van der Waals surface area contributed by atoms with Gasteiger partial charge in [0.05, 0.1) is 19.6 Å². The van der Waals surface area contributed by atoms with Gasteiger partial charge in [0.1, 0.15) is 11.6 Å². The third kappa shape index (κ3) is 3.12. The molecule has 2 aromatic rings. The summed E-state index contributed by atoms with van der Waals surface area (Å²) in [6.07, 6.45) is 5.06. The first-order valence-corrected chi connectivity index (χ1v) is 8.73. The zero-order valence-corrected chi connectivity index (χ0v) is 14.5. The van der Waals surface area contributed by atoms with Crippen molar-refractivity contribution in [3.63, 3.8) is 0 Å². The van der Waals surface area contributed by atoms with Crippen molar-refractivity contribution in [2.45, 2.75) is 38.1 Å². The van der Waals surface area contributed by atoms with Crippen molar-refractivity contribution < 1.29 is 14.3 Å². The Balaban J connectivity index is 1.50. The number of amides is 2. The lowest BCUT2D eigenvalue weighted by Crippen LogP contribution is -2.35. The van der Waals surface area contributed by atoms with E-state index in [1.54, 1.807) is 25.3 Å². The maximum absolute atomic E-state index is 12.7. The van der Waals surface area contributed by atoms with Gasteiger partial charge in [-0.15, -0.1) is 0 Å². The summed E-state index contributed by atoms with van der Waals surface area (Å²) in [4.78, 5) is 33.5. The van der Waals surface area contributed by atoms with Gasteiger partial charge in [-0.2, -0.15) is 0 Å². The van der Waals surface area contributed by atoms with Gasteiger partial charge in [0.15, 0.2) is 0 Å². The number of aromatic nitrogens is 2. The van der Waals surface area contributed by atoms with Gasteiger partial charge in [-0.25, -0.2) is 9.97 Å². The van der Waals surface area contributed by atoms with Crippen molar-refractivity contribution in [2.75, 3.05) is 12.4 Å². The van der Waals surface area contributed by atoms with Crippen molar-refractivity contribution in [1.29, 1.82) is 0 Å². The molecule has 1 aliphatic carbocycles. The number of hydrogen-bond donors (Lipinski definition) is 2. The summed E-state index contributed by atoms with van der Waals surface area (Å²) >= 11 is 0. The van der Waals surface area contributed by atoms with E-state index in [2.05, 4.69) is 20.6 Å². The molecule has 2 amide bonds. The summed E-state index contributed by atoms with van der Waals surface area (Å²) in [5.74, 6) is 0.322. The molecule has 0 bridgehead atoms. The third-order valence-corrected chi connectivity index (χ3v) is 4.90. The van der Waals surface area contributed by atoms with E-state index in [-0.39, 0.29) is 24.8 Å². The number of anilines is 1. The standard InChI is InChI=1S/C19H20N4O3/c1-26-12-5-6-16-13(7-12)14(8-18(24)23-16)19(25)21-10-17-20-9-11-3-2-4-15(11)22-17/h5-7,9,14H,2-4,8,10H2,1H3,(H,21,25)(H,23,24)/t14-/m0/s1. The summed E-state index contributed by atoms with van der Waals surface area (Å²) in [6.45, 7) is 0.254. The van der Waals surface area contributed by atoms with E-state index < -0.39 is 5.92 Å². The first-order valence-electron chi connectivity index (χ1n) is 8.73. The molecule has 4 rings (SSSR count). The number of ether oxygens (including phenoxy) is 1. The fourth-order valence-corrected chi connectivity index (χ4v) is 3.53. The van der Waals surface area contributed by atoms with Crippen LogP contribution in [0.5, 0.6) is 5.75 Å². The number of nitrogens with zero attached hydrogens (tertiary/aromatic N) is 2. The van der Waals surface area contributed by atoms with Crippen LogP contribution in [-0.4, -0.2) is 28.9 Å². The van der Waals surface area contributed by atoms with E-state index in [0.29, 0.717) is 17.3 Å². The first kappa shape index (κ1) is 16.5. The Morgan fingerprint density at radius 3 is 3.12 bits per heavy atom. The number of carbonyl (C=O) groups excluding carboxylic acids is 2. The van der Waals surface area contributed by atoms with Crippen molar-refractivity contribution in [2.24, 2.45) is 0 Å². The zero-order valence-electron chi connectivity index (χ0n) is 14.5. The molecule has 2 heterocycles. The summed E-state index contributed by atoms with van der Waals surface area (Å²) in [7, 11) is 1.57. The van der Waals surface area contributed by atoms with Gasteiger partial charge >= 0.3 is 0 Å². The smallest absolute Gasteiger partial charge is 0.228 e. The molecule has 2 N–H and O–H groups in total. The Labute approximate surface area is 151 Å². The van der Waals surface area contributed by atoms with Crippen molar-refractivity contribution >= 4 is 17.5 Å². The molecule has 1 aliphatic heterocycles. The van der Waals surface area contributed by atoms with E-state index in [1.165, 1.54) is 5.56 Å². The minimum absolute atomic E-state index is 0.108. The molecule has 1 aromatic carbocycles. The molecule has 26 heavy (non-hydrogen) atoms. The lowest BCUT2D eigenvalue weighted by Gasteiger charge is -2.25. The van der Waals surface area contributed by atoms with Gasteiger partial charge in [-0.3, -0.25) is 9.59 Å². The van der Waals surface area contributed by atoms with Crippen LogP contribution in [0.3, 0.4) is 0 Å².